The summed E-state index contributed by atoms with van der Waals surface area (Å²) in [4.78, 5) is 4.00. The molecule has 2 N–H and O–H groups in total. The Hall–Kier alpha value is -2.09. The SMILES string of the molecule is NCC#Cc1cncc(OCc2ccc(Cl)cc2F)c1. The van der Waals surface area contributed by atoms with E-state index in [2.05, 4.69) is 16.8 Å². The first kappa shape index (κ1) is 14.3. The van der Waals surface area contributed by atoms with Crippen molar-refractivity contribution in [1.29, 1.82) is 0 Å². The minimum absolute atomic E-state index is 0.0957. The molecule has 20 heavy (non-hydrogen) atoms. The molecule has 2 aromatic rings. The van der Waals surface area contributed by atoms with Gasteiger partial charge in [-0.15, -0.1) is 0 Å². The van der Waals surface area contributed by atoms with Crippen molar-refractivity contribution in [1.82, 2.24) is 4.98 Å². The molecule has 0 saturated heterocycles. The number of hydrogen-bond donors (Lipinski definition) is 1. The molecule has 102 valence electrons. The van der Waals surface area contributed by atoms with Gasteiger partial charge in [0.05, 0.1) is 12.7 Å². The van der Waals surface area contributed by atoms with Crippen molar-refractivity contribution >= 4 is 11.6 Å². The van der Waals surface area contributed by atoms with E-state index in [1.54, 1.807) is 30.6 Å². The van der Waals surface area contributed by atoms with Gasteiger partial charge < -0.3 is 10.5 Å². The standard InChI is InChI=1S/C15H12ClFN2O/c16-13-4-3-12(15(17)7-13)10-20-14-6-11(2-1-5-18)8-19-9-14/h3-4,6-9H,5,10,18H2. The predicted molar refractivity (Wildman–Crippen MR) is 75.9 cm³/mol. The highest BCUT2D eigenvalue weighted by Crippen LogP contribution is 2.17. The molecule has 0 bridgehead atoms. The summed E-state index contributed by atoms with van der Waals surface area (Å²) >= 11 is 5.69. The number of rotatable bonds is 3. The lowest BCUT2D eigenvalue weighted by molar-refractivity contribution is 0.298. The minimum atomic E-state index is -0.399. The number of ether oxygens (including phenoxy) is 1. The first-order valence-electron chi connectivity index (χ1n) is 5.90. The second-order valence-corrected chi connectivity index (χ2v) is 4.38. The third-order valence-electron chi connectivity index (χ3n) is 2.46. The summed E-state index contributed by atoms with van der Waals surface area (Å²) in [6.07, 6.45) is 3.15. The molecule has 0 spiro atoms. The van der Waals surface area contributed by atoms with E-state index in [1.807, 2.05) is 0 Å². The molecule has 3 nitrogen and oxygen atoms in total. The average Bonchev–Trinajstić information content (AvgIpc) is 2.45. The van der Waals surface area contributed by atoms with Gasteiger partial charge in [-0.1, -0.05) is 29.5 Å². The van der Waals surface area contributed by atoms with E-state index in [0.717, 1.165) is 0 Å². The number of pyridine rings is 1. The van der Waals surface area contributed by atoms with E-state index in [4.69, 9.17) is 22.1 Å². The van der Waals surface area contributed by atoms with Gasteiger partial charge in [-0.25, -0.2) is 4.39 Å². The average molecular weight is 291 g/mol. The van der Waals surface area contributed by atoms with E-state index in [-0.39, 0.29) is 13.2 Å². The maximum atomic E-state index is 13.6. The highest BCUT2D eigenvalue weighted by molar-refractivity contribution is 6.30. The second-order valence-electron chi connectivity index (χ2n) is 3.94. The van der Waals surface area contributed by atoms with E-state index < -0.39 is 5.82 Å². The Morgan fingerprint density at radius 3 is 2.90 bits per heavy atom. The Labute approximate surface area is 121 Å². The molecular weight excluding hydrogens is 279 g/mol. The van der Waals surface area contributed by atoms with Gasteiger partial charge in [0.25, 0.3) is 0 Å². The smallest absolute Gasteiger partial charge is 0.139 e. The van der Waals surface area contributed by atoms with Gasteiger partial charge in [0.2, 0.25) is 0 Å². The van der Waals surface area contributed by atoms with Crippen LogP contribution in [0.3, 0.4) is 0 Å². The maximum Gasteiger partial charge on any atom is 0.139 e. The summed E-state index contributed by atoms with van der Waals surface area (Å²) in [7, 11) is 0. The van der Waals surface area contributed by atoms with Crippen molar-refractivity contribution in [2.24, 2.45) is 5.73 Å². The molecule has 0 aliphatic rings. The third kappa shape index (κ3) is 3.95. The molecule has 0 aliphatic carbocycles. The van der Waals surface area contributed by atoms with Crippen molar-refractivity contribution in [3.63, 3.8) is 0 Å². The van der Waals surface area contributed by atoms with Crippen LogP contribution >= 0.6 is 11.6 Å². The van der Waals surface area contributed by atoms with Gasteiger partial charge in [0.1, 0.15) is 18.2 Å². The van der Waals surface area contributed by atoms with Crippen LogP contribution in [-0.4, -0.2) is 11.5 Å². The quantitative estimate of drug-likeness (QED) is 0.884. The lowest BCUT2D eigenvalue weighted by Gasteiger charge is -2.07. The summed E-state index contributed by atoms with van der Waals surface area (Å²) in [5, 5.41) is 0.354. The molecule has 0 aliphatic heterocycles. The fourth-order valence-electron chi connectivity index (χ4n) is 1.52. The normalized spacial score (nSPS) is 9.75. The zero-order valence-corrected chi connectivity index (χ0v) is 11.3. The molecule has 1 heterocycles. The molecule has 5 heteroatoms. The topological polar surface area (TPSA) is 48.1 Å². The number of nitrogens with two attached hydrogens (primary N) is 1. The molecule has 1 aromatic heterocycles. The van der Waals surface area contributed by atoms with Crippen LogP contribution in [0.15, 0.2) is 36.7 Å². The van der Waals surface area contributed by atoms with Crippen LogP contribution in [0.2, 0.25) is 5.02 Å². The summed E-state index contributed by atoms with van der Waals surface area (Å²) in [6, 6.07) is 6.18. The molecule has 1 aromatic carbocycles. The number of aromatic nitrogens is 1. The third-order valence-corrected chi connectivity index (χ3v) is 2.69. The Balaban J connectivity index is 2.07. The molecule has 0 radical (unpaired) electrons. The fraction of sp³-hybridized carbons (Fsp3) is 0.133. The highest BCUT2D eigenvalue weighted by Gasteiger charge is 2.04. The maximum absolute atomic E-state index is 13.6. The van der Waals surface area contributed by atoms with Crippen molar-refractivity contribution in [3.05, 3.63) is 58.6 Å². The van der Waals surface area contributed by atoms with Gasteiger partial charge >= 0.3 is 0 Å². The molecule has 2 rings (SSSR count). The monoisotopic (exact) mass is 290 g/mol. The number of hydrogen-bond acceptors (Lipinski definition) is 3. The minimum Gasteiger partial charge on any atom is -0.487 e. The van der Waals surface area contributed by atoms with Crippen LogP contribution in [0.1, 0.15) is 11.1 Å². The van der Waals surface area contributed by atoms with Gasteiger partial charge in [0.15, 0.2) is 0 Å². The fourth-order valence-corrected chi connectivity index (χ4v) is 1.68. The van der Waals surface area contributed by atoms with Gasteiger partial charge in [0, 0.05) is 22.3 Å². The Bertz CT molecular complexity index is 664. The molecule has 0 saturated carbocycles. The van der Waals surface area contributed by atoms with Crippen LogP contribution in [0.4, 0.5) is 4.39 Å². The summed E-state index contributed by atoms with van der Waals surface area (Å²) < 4.78 is 19.1. The Morgan fingerprint density at radius 1 is 1.30 bits per heavy atom. The van der Waals surface area contributed by atoms with Crippen LogP contribution in [0, 0.1) is 17.7 Å². The molecule has 0 fully saturated rings. The molecule has 0 amide bonds. The Kier molecular flexibility index (Phi) is 4.94. The van der Waals surface area contributed by atoms with Gasteiger partial charge in [-0.05, 0) is 18.2 Å². The van der Waals surface area contributed by atoms with E-state index in [0.29, 0.717) is 21.9 Å². The lowest BCUT2D eigenvalue weighted by Crippen LogP contribution is -1.99. The summed E-state index contributed by atoms with van der Waals surface area (Å²) in [6.45, 7) is 0.375. The number of nitrogens with zero attached hydrogens (tertiary/aromatic N) is 1. The van der Waals surface area contributed by atoms with E-state index in [9.17, 15) is 4.39 Å². The second kappa shape index (κ2) is 6.90. The predicted octanol–water partition coefficient (Wildman–Crippen LogP) is 2.76. The first-order chi connectivity index (χ1) is 9.69. The summed E-state index contributed by atoms with van der Waals surface area (Å²) in [5.41, 5.74) is 6.42. The Morgan fingerprint density at radius 2 is 2.15 bits per heavy atom. The molecule has 0 atom stereocenters. The molecule has 0 unspecified atom stereocenters. The van der Waals surface area contributed by atoms with Crippen LogP contribution in [0.25, 0.3) is 0 Å². The van der Waals surface area contributed by atoms with Crippen molar-refractivity contribution in [2.45, 2.75) is 6.61 Å². The highest BCUT2D eigenvalue weighted by atomic mass is 35.5. The number of halogens is 2. The van der Waals surface area contributed by atoms with Gasteiger partial charge in [-0.3, -0.25) is 4.98 Å². The van der Waals surface area contributed by atoms with Crippen LogP contribution < -0.4 is 10.5 Å². The van der Waals surface area contributed by atoms with Gasteiger partial charge in [-0.2, -0.15) is 0 Å². The first-order valence-corrected chi connectivity index (χ1v) is 6.27. The molecular formula is C15H12ClFN2O. The van der Waals surface area contributed by atoms with E-state index in [1.165, 1.54) is 6.07 Å². The van der Waals surface area contributed by atoms with E-state index >= 15 is 0 Å². The van der Waals surface area contributed by atoms with Crippen molar-refractivity contribution in [2.75, 3.05) is 6.54 Å². The summed E-state index contributed by atoms with van der Waals surface area (Å²) in [5.74, 6) is 5.70. The number of benzene rings is 1. The lowest BCUT2D eigenvalue weighted by atomic mass is 10.2. The zero-order chi connectivity index (χ0) is 14.4. The largest absolute Gasteiger partial charge is 0.487 e. The van der Waals surface area contributed by atoms with Crippen LogP contribution in [-0.2, 0) is 6.61 Å². The van der Waals surface area contributed by atoms with Crippen molar-refractivity contribution < 1.29 is 9.13 Å². The van der Waals surface area contributed by atoms with Crippen LogP contribution in [0.5, 0.6) is 5.75 Å². The van der Waals surface area contributed by atoms with Crippen molar-refractivity contribution in [3.8, 4) is 17.6 Å². The zero-order valence-electron chi connectivity index (χ0n) is 10.6.